The zero-order valence-electron chi connectivity index (χ0n) is 15.3. The number of carbonyl (C=O) groups excluding carboxylic acids is 1. The van der Waals surface area contributed by atoms with Crippen molar-refractivity contribution in [2.75, 3.05) is 6.54 Å². The quantitative estimate of drug-likeness (QED) is 0.831. The minimum atomic E-state index is -0.0596. The first-order valence-electron chi connectivity index (χ1n) is 9.34. The van der Waals surface area contributed by atoms with Crippen LogP contribution in [0.15, 0.2) is 15.4 Å². The van der Waals surface area contributed by atoms with Gasteiger partial charge in [0.05, 0.1) is 30.4 Å². The molecule has 0 N–H and O–H groups in total. The molecular formula is C19H24N4O3. The SMILES string of the molecule is Cc1noc(C)c1CC(=O)N1CCCC1Cn1nc2c(cc1=O)CCC2. The van der Waals surface area contributed by atoms with Crippen LogP contribution in [0.3, 0.4) is 0 Å². The number of aromatic nitrogens is 3. The Labute approximate surface area is 152 Å². The summed E-state index contributed by atoms with van der Waals surface area (Å²) >= 11 is 0. The van der Waals surface area contributed by atoms with E-state index in [1.54, 1.807) is 10.7 Å². The average Bonchev–Trinajstić information content (AvgIpc) is 3.32. The Kier molecular flexibility index (Phi) is 4.38. The van der Waals surface area contributed by atoms with E-state index < -0.39 is 0 Å². The lowest BCUT2D eigenvalue weighted by Gasteiger charge is -2.25. The number of rotatable bonds is 4. The second-order valence-corrected chi connectivity index (χ2v) is 7.35. The molecule has 3 heterocycles. The van der Waals surface area contributed by atoms with Crippen LogP contribution in [0, 0.1) is 13.8 Å². The Bertz CT molecular complexity index is 879. The van der Waals surface area contributed by atoms with Gasteiger partial charge in [-0.05, 0) is 51.5 Å². The number of fused-ring (bicyclic) bond motifs is 1. The van der Waals surface area contributed by atoms with Gasteiger partial charge in [0, 0.05) is 18.2 Å². The predicted octanol–water partition coefficient (Wildman–Crippen LogP) is 1.57. The van der Waals surface area contributed by atoms with E-state index in [9.17, 15) is 9.59 Å². The molecule has 0 radical (unpaired) electrons. The summed E-state index contributed by atoms with van der Waals surface area (Å²) in [7, 11) is 0. The standard InChI is InChI=1S/C19H24N4O3/c1-12-16(13(2)26-21-12)10-18(24)22-8-4-6-15(22)11-23-19(25)9-14-5-3-7-17(14)20-23/h9,15H,3-8,10-11H2,1-2H3. The number of hydrogen-bond acceptors (Lipinski definition) is 5. The van der Waals surface area contributed by atoms with Gasteiger partial charge in [-0.1, -0.05) is 5.16 Å². The molecule has 0 saturated carbocycles. The zero-order chi connectivity index (χ0) is 18.3. The normalized spacial score (nSPS) is 19.2. The van der Waals surface area contributed by atoms with Crippen LogP contribution < -0.4 is 5.56 Å². The highest BCUT2D eigenvalue weighted by atomic mass is 16.5. The molecule has 1 aliphatic carbocycles. The van der Waals surface area contributed by atoms with E-state index in [-0.39, 0.29) is 17.5 Å². The number of aryl methyl sites for hydroxylation is 4. The summed E-state index contributed by atoms with van der Waals surface area (Å²) in [4.78, 5) is 27.1. The first-order valence-corrected chi connectivity index (χ1v) is 9.34. The van der Waals surface area contributed by atoms with Gasteiger partial charge in [0.2, 0.25) is 5.91 Å². The third-order valence-corrected chi connectivity index (χ3v) is 5.61. The Hall–Kier alpha value is -2.44. The topological polar surface area (TPSA) is 81.2 Å². The van der Waals surface area contributed by atoms with Gasteiger partial charge in [-0.2, -0.15) is 5.10 Å². The number of amides is 1. The average molecular weight is 356 g/mol. The first kappa shape index (κ1) is 17.0. The van der Waals surface area contributed by atoms with Gasteiger partial charge in [0.15, 0.2) is 0 Å². The van der Waals surface area contributed by atoms with Crippen LogP contribution in [0.25, 0.3) is 0 Å². The van der Waals surface area contributed by atoms with Crippen LogP contribution in [-0.4, -0.2) is 38.3 Å². The molecule has 4 rings (SSSR count). The molecule has 138 valence electrons. The van der Waals surface area contributed by atoms with Crippen molar-refractivity contribution in [2.24, 2.45) is 0 Å². The minimum Gasteiger partial charge on any atom is -0.361 e. The lowest BCUT2D eigenvalue weighted by Crippen LogP contribution is -2.41. The third-order valence-electron chi connectivity index (χ3n) is 5.61. The fraction of sp³-hybridized carbons (Fsp3) is 0.579. The highest BCUT2D eigenvalue weighted by molar-refractivity contribution is 5.79. The van der Waals surface area contributed by atoms with Crippen molar-refractivity contribution in [1.82, 2.24) is 19.8 Å². The van der Waals surface area contributed by atoms with Crippen LogP contribution in [0.2, 0.25) is 0 Å². The van der Waals surface area contributed by atoms with Gasteiger partial charge >= 0.3 is 0 Å². The number of hydrogen-bond donors (Lipinski definition) is 0. The Morgan fingerprint density at radius 3 is 2.92 bits per heavy atom. The molecule has 1 unspecified atom stereocenters. The van der Waals surface area contributed by atoms with Crippen LogP contribution in [-0.2, 0) is 30.6 Å². The van der Waals surface area contributed by atoms with Gasteiger partial charge in [0.1, 0.15) is 5.76 Å². The van der Waals surface area contributed by atoms with E-state index in [4.69, 9.17) is 4.52 Å². The molecule has 1 saturated heterocycles. The number of likely N-dealkylation sites (tertiary alicyclic amines) is 1. The molecule has 1 aliphatic heterocycles. The molecule has 1 atom stereocenters. The van der Waals surface area contributed by atoms with E-state index in [1.807, 2.05) is 18.7 Å². The Morgan fingerprint density at radius 2 is 2.15 bits per heavy atom. The monoisotopic (exact) mass is 356 g/mol. The summed E-state index contributed by atoms with van der Waals surface area (Å²) in [6.45, 7) is 4.89. The third kappa shape index (κ3) is 3.06. The molecule has 0 bridgehead atoms. The van der Waals surface area contributed by atoms with Crippen molar-refractivity contribution in [2.45, 2.75) is 65.0 Å². The Morgan fingerprint density at radius 1 is 1.31 bits per heavy atom. The summed E-state index contributed by atoms with van der Waals surface area (Å²) in [5.74, 6) is 0.763. The van der Waals surface area contributed by atoms with E-state index in [0.29, 0.717) is 18.7 Å². The van der Waals surface area contributed by atoms with Crippen molar-refractivity contribution in [3.8, 4) is 0 Å². The second-order valence-electron chi connectivity index (χ2n) is 7.35. The Balaban J connectivity index is 1.50. The summed E-state index contributed by atoms with van der Waals surface area (Å²) in [6, 6.07) is 1.74. The van der Waals surface area contributed by atoms with Crippen molar-refractivity contribution in [1.29, 1.82) is 0 Å². The molecule has 7 heteroatoms. The lowest BCUT2D eigenvalue weighted by molar-refractivity contribution is -0.131. The van der Waals surface area contributed by atoms with Gasteiger partial charge < -0.3 is 9.42 Å². The highest BCUT2D eigenvalue weighted by Gasteiger charge is 2.30. The maximum absolute atomic E-state index is 12.8. The molecule has 1 fully saturated rings. The lowest BCUT2D eigenvalue weighted by atomic mass is 10.1. The van der Waals surface area contributed by atoms with Crippen LogP contribution in [0.1, 0.15) is 47.5 Å². The summed E-state index contributed by atoms with van der Waals surface area (Å²) in [5, 5.41) is 8.48. The van der Waals surface area contributed by atoms with Gasteiger partial charge in [-0.15, -0.1) is 0 Å². The van der Waals surface area contributed by atoms with E-state index in [1.165, 1.54) is 0 Å². The highest BCUT2D eigenvalue weighted by Crippen LogP contribution is 2.22. The van der Waals surface area contributed by atoms with Gasteiger partial charge in [0.25, 0.3) is 5.56 Å². The van der Waals surface area contributed by atoms with Gasteiger partial charge in [-0.25, -0.2) is 4.68 Å². The second kappa shape index (κ2) is 6.70. The largest absolute Gasteiger partial charge is 0.361 e. The fourth-order valence-corrected chi connectivity index (χ4v) is 4.13. The van der Waals surface area contributed by atoms with Crippen LogP contribution in [0.4, 0.5) is 0 Å². The predicted molar refractivity (Wildman–Crippen MR) is 94.9 cm³/mol. The van der Waals surface area contributed by atoms with Crippen molar-refractivity contribution < 1.29 is 9.32 Å². The molecule has 2 aliphatic rings. The van der Waals surface area contributed by atoms with E-state index in [2.05, 4.69) is 10.3 Å². The van der Waals surface area contributed by atoms with Crippen molar-refractivity contribution in [3.63, 3.8) is 0 Å². The molecule has 0 aromatic carbocycles. The molecule has 7 nitrogen and oxygen atoms in total. The first-order chi connectivity index (χ1) is 12.5. The summed E-state index contributed by atoms with van der Waals surface area (Å²) < 4.78 is 6.72. The maximum Gasteiger partial charge on any atom is 0.267 e. The fourth-order valence-electron chi connectivity index (χ4n) is 4.13. The van der Waals surface area contributed by atoms with Crippen molar-refractivity contribution >= 4 is 5.91 Å². The molecule has 0 spiro atoms. The molecule has 1 amide bonds. The zero-order valence-corrected chi connectivity index (χ0v) is 15.3. The molecule has 26 heavy (non-hydrogen) atoms. The molecule has 2 aromatic rings. The number of carbonyl (C=O) groups is 1. The smallest absolute Gasteiger partial charge is 0.267 e. The van der Waals surface area contributed by atoms with Crippen LogP contribution >= 0.6 is 0 Å². The maximum atomic E-state index is 12.8. The van der Waals surface area contributed by atoms with Crippen molar-refractivity contribution in [3.05, 3.63) is 44.7 Å². The summed E-state index contributed by atoms with van der Waals surface area (Å²) in [6.07, 6.45) is 5.11. The summed E-state index contributed by atoms with van der Waals surface area (Å²) in [5.41, 5.74) is 3.70. The number of nitrogens with zero attached hydrogens (tertiary/aromatic N) is 4. The van der Waals surface area contributed by atoms with Gasteiger partial charge in [-0.3, -0.25) is 9.59 Å². The van der Waals surface area contributed by atoms with Crippen LogP contribution in [0.5, 0.6) is 0 Å². The van der Waals surface area contributed by atoms with E-state index in [0.717, 1.165) is 61.2 Å². The molecular weight excluding hydrogens is 332 g/mol. The minimum absolute atomic E-state index is 0.0209. The van der Waals surface area contributed by atoms with E-state index >= 15 is 0 Å². The molecule has 2 aromatic heterocycles.